The van der Waals surface area contributed by atoms with Gasteiger partial charge in [0.2, 0.25) is 5.91 Å². The molecular formula is C20H22BrNO4. The molecule has 0 aliphatic carbocycles. The minimum absolute atomic E-state index is 0.160. The SMILES string of the molecule is COc1cc(OC)c(CCNC(=O)C=Cc2ccccc2Br)c(OC)c1. The van der Waals surface area contributed by atoms with Crippen LogP contribution in [0.25, 0.3) is 6.08 Å². The number of carbonyl (C=O) groups is 1. The summed E-state index contributed by atoms with van der Waals surface area (Å²) < 4.78 is 17.0. The van der Waals surface area contributed by atoms with E-state index >= 15 is 0 Å². The molecule has 26 heavy (non-hydrogen) atoms. The van der Waals surface area contributed by atoms with Crippen LogP contribution >= 0.6 is 15.9 Å². The molecule has 0 bridgehead atoms. The molecule has 0 atom stereocenters. The lowest BCUT2D eigenvalue weighted by molar-refractivity contribution is -0.116. The molecule has 0 saturated heterocycles. The van der Waals surface area contributed by atoms with Gasteiger partial charge in [0.1, 0.15) is 17.2 Å². The lowest BCUT2D eigenvalue weighted by Crippen LogP contribution is -2.23. The van der Waals surface area contributed by atoms with E-state index in [0.717, 1.165) is 15.6 Å². The average Bonchev–Trinajstić information content (AvgIpc) is 2.67. The third kappa shape index (κ3) is 5.26. The zero-order valence-electron chi connectivity index (χ0n) is 15.0. The molecule has 1 N–H and O–H groups in total. The molecule has 0 heterocycles. The summed E-state index contributed by atoms with van der Waals surface area (Å²) in [5, 5.41) is 2.87. The minimum Gasteiger partial charge on any atom is -0.496 e. The largest absolute Gasteiger partial charge is 0.496 e. The topological polar surface area (TPSA) is 56.8 Å². The van der Waals surface area contributed by atoms with Crippen molar-refractivity contribution in [1.82, 2.24) is 5.32 Å². The van der Waals surface area contributed by atoms with Crippen LogP contribution in [0, 0.1) is 0 Å². The average molecular weight is 420 g/mol. The van der Waals surface area contributed by atoms with Crippen LogP contribution in [0.3, 0.4) is 0 Å². The zero-order chi connectivity index (χ0) is 18.9. The molecule has 0 fully saturated rings. The van der Waals surface area contributed by atoms with E-state index in [-0.39, 0.29) is 5.91 Å². The van der Waals surface area contributed by atoms with Gasteiger partial charge in [0.15, 0.2) is 0 Å². The lowest BCUT2D eigenvalue weighted by atomic mass is 10.1. The number of hydrogen-bond acceptors (Lipinski definition) is 4. The summed E-state index contributed by atoms with van der Waals surface area (Å²) in [6.45, 7) is 0.457. The smallest absolute Gasteiger partial charge is 0.244 e. The van der Waals surface area contributed by atoms with Crippen molar-refractivity contribution in [2.45, 2.75) is 6.42 Å². The highest BCUT2D eigenvalue weighted by Crippen LogP contribution is 2.34. The van der Waals surface area contributed by atoms with Crippen molar-refractivity contribution in [1.29, 1.82) is 0 Å². The Balaban J connectivity index is 1.99. The summed E-state index contributed by atoms with van der Waals surface area (Å²) in [5.74, 6) is 1.83. The fraction of sp³-hybridized carbons (Fsp3) is 0.250. The summed E-state index contributed by atoms with van der Waals surface area (Å²) in [6, 6.07) is 11.3. The van der Waals surface area contributed by atoms with Crippen LogP contribution in [0.2, 0.25) is 0 Å². The van der Waals surface area contributed by atoms with Crippen molar-refractivity contribution in [3.8, 4) is 17.2 Å². The summed E-state index contributed by atoms with van der Waals surface area (Å²) in [7, 11) is 4.78. The molecule has 0 radical (unpaired) electrons. The van der Waals surface area contributed by atoms with Crippen LogP contribution in [0.1, 0.15) is 11.1 Å². The number of rotatable bonds is 8. The van der Waals surface area contributed by atoms with Crippen LogP contribution in [0.5, 0.6) is 17.2 Å². The van der Waals surface area contributed by atoms with E-state index in [1.165, 1.54) is 6.08 Å². The number of halogens is 1. The van der Waals surface area contributed by atoms with Gasteiger partial charge in [-0.2, -0.15) is 0 Å². The molecule has 138 valence electrons. The van der Waals surface area contributed by atoms with Crippen LogP contribution in [-0.2, 0) is 11.2 Å². The molecule has 0 spiro atoms. The molecule has 6 heteroatoms. The molecule has 2 aromatic rings. The summed E-state index contributed by atoms with van der Waals surface area (Å²) in [6.07, 6.45) is 3.86. The van der Waals surface area contributed by atoms with Crippen molar-refractivity contribution in [3.05, 3.63) is 58.1 Å². The van der Waals surface area contributed by atoms with E-state index in [0.29, 0.717) is 30.2 Å². The summed E-state index contributed by atoms with van der Waals surface area (Å²) in [5.41, 5.74) is 1.83. The predicted molar refractivity (Wildman–Crippen MR) is 106 cm³/mol. The summed E-state index contributed by atoms with van der Waals surface area (Å²) >= 11 is 3.45. The molecule has 0 aromatic heterocycles. The second-order valence-corrected chi connectivity index (χ2v) is 6.26. The van der Waals surface area contributed by atoms with Gasteiger partial charge in [-0.25, -0.2) is 0 Å². The zero-order valence-corrected chi connectivity index (χ0v) is 16.6. The third-order valence-electron chi connectivity index (χ3n) is 3.81. The molecule has 5 nitrogen and oxygen atoms in total. The number of amides is 1. The lowest BCUT2D eigenvalue weighted by Gasteiger charge is -2.15. The maximum absolute atomic E-state index is 12.0. The number of benzene rings is 2. The Morgan fingerprint density at radius 2 is 1.73 bits per heavy atom. The highest BCUT2D eigenvalue weighted by Gasteiger charge is 2.13. The van der Waals surface area contributed by atoms with E-state index in [2.05, 4.69) is 21.2 Å². The Bertz CT molecular complexity index is 764. The fourth-order valence-corrected chi connectivity index (χ4v) is 2.89. The third-order valence-corrected chi connectivity index (χ3v) is 4.53. The Morgan fingerprint density at radius 1 is 1.08 bits per heavy atom. The van der Waals surface area contributed by atoms with Crippen molar-refractivity contribution in [2.24, 2.45) is 0 Å². The molecule has 2 rings (SSSR count). The van der Waals surface area contributed by atoms with E-state index in [9.17, 15) is 4.79 Å². The first-order chi connectivity index (χ1) is 12.6. The van der Waals surface area contributed by atoms with Crippen molar-refractivity contribution in [2.75, 3.05) is 27.9 Å². The molecular weight excluding hydrogens is 398 g/mol. The maximum atomic E-state index is 12.0. The van der Waals surface area contributed by atoms with Crippen LogP contribution < -0.4 is 19.5 Å². The second-order valence-electron chi connectivity index (χ2n) is 5.41. The molecule has 0 unspecified atom stereocenters. The molecule has 0 aliphatic rings. The predicted octanol–water partition coefficient (Wildman–Crippen LogP) is 3.85. The Labute approximate surface area is 162 Å². The maximum Gasteiger partial charge on any atom is 0.244 e. The standard InChI is InChI=1S/C20H22BrNO4/c1-24-15-12-18(25-2)16(19(13-15)26-3)10-11-22-20(23)9-8-14-6-4-5-7-17(14)21/h4-9,12-13H,10-11H2,1-3H3,(H,22,23). The van der Waals surface area contributed by atoms with Crippen molar-refractivity contribution >= 4 is 27.9 Å². The van der Waals surface area contributed by atoms with Gasteiger partial charge in [0.25, 0.3) is 0 Å². The Kier molecular flexibility index (Phi) is 7.53. The second kappa shape index (κ2) is 9.87. The number of carbonyl (C=O) groups excluding carboxylic acids is 1. The normalized spacial score (nSPS) is 10.6. The number of methoxy groups -OCH3 is 3. The highest BCUT2D eigenvalue weighted by atomic mass is 79.9. The van der Waals surface area contributed by atoms with Gasteiger partial charge in [-0.1, -0.05) is 34.1 Å². The number of hydrogen-bond donors (Lipinski definition) is 1. The van der Waals surface area contributed by atoms with Crippen molar-refractivity contribution < 1.29 is 19.0 Å². The van der Waals surface area contributed by atoms with Gasteiger partial charge in [-0.3, -0.25) is 4.79 Å². The van der Waals surface area contributed by atoms with E-state index < -0.39 is 0 Å². The minimum atomic E-state index is -0.160. The van der Waals surface area contributed by atoms with Gasteiger partial charge in [0, 0.05) is 34.8 Å². The molecule has 0 saturated carbocycles. The fourth-order valence-electron chi connectivity index (χ4n) is 2.47. The molecule has 0 aliphatic heterocycles. The van der Waals surface area contributed by atoms with Gasteiger partial charge in [-0.15, -0.1) is 0 Å². The van der Waals surface area contributed by atoms with Crippen LogP contribution in [0.15, 0.2) is 46.9 Å². The number of ether oxygens (including phenoxy) is 3. The first kappa shape index (κ1) is 19.8. The first-order valence-electron chi connectivity index (χ1n) is 8.08. The van der Waals surface area contributed by atoms with Crippen LogP contribution in [-0.4, -0.2) is 33.8 Å². The van der Waals surface area contributed by atoms with Gasteiger partial charge in [0.05, 0.1) is 21.3 Å². The number of nitrogens with one attached hydrogen (secondary N) is 1. The van der Waals surface area contributed by atoms with Gasteiger partial charge >= 0.3 is 0 Å². The van der Waals surface area contributed by atoms with Gasteiger partial charge < -0.3 is 19.5 Å². The van der Waals surface area contributed by atoms with E-state index in [1.54, 1.807) is 39.5 Å². The molecule has 2 aromatic carbocycles. The Morgan fingerprint density at radius 3 is 2.31 bits per heavy atom. The molecule has 1 amide bonds. The quantitative estimate of drug-likeness (QED) is 0.660. The van der Waals surface area contributed by atoms with Crippen molar-refractivity contribution in [3.63, 3.8) is 0 Å². The summed E-state index contributed by atoms with van der Waals surface area (Å²) in [4.78, 5) is 12.0. The Hall–Kier alpha value is -2.47. The highest BCUT2D eigenvalue weighted by molar-refractivity contribution is 9.10. The van der Waals surface area contributed by atoms with E-state index in [1.807, 2.05) is 24.3 Å². The first-order valence-corrected chi connectivity index (χ1v) is 8.87. The van der Waals surface area contributed by atoms with Gasteiger partial charge in [-0.05, 0) is 24.1 Å². The monoisotopic (exact) mass is 419 g/mol. The van der Waals surface area contributed by atoms with E-state index in [4.69, 9.17) is 14.2 Å². The van der Waals surface area contributed by atoms with Crippen LogP contribution in [0.4, 0.5) is 0 Å².